The Morgan fingerprint density at radius 2 is 2.42 bits per heavy atom. The molecule has 4 heteroatoms. The van der Waals surface area contributed by atoms with Crippen molar-refractivity contribution >= 4 is 0 Å². The van der Waals surface area contributed by atoms with E-state index in [1.54, 1.807) is 6.20 Å². The van der Waals surface area contributed by atoms with Gasteiger partial charge in [0.1, 0.15) is 0 Å². The Hall–Kier alpha value is -1.29. The number of nitrogens with one attached hydrogen (secondary N) is 1. The van der Waals surface area contributed by atoms with E-state index in [1.165, 1.54) is 13.2 Å². The van der Waals surface area contributed by atoms with Crippen LogP contribution in [0, 0.1) is 0 Å². The van der Waals surface area contributed by atoms with Gasteiger partial charge in [-0.1, -0.05) is 0 Å². The van der Waals surface area contributed by atoms with E-state index >= 15 is 0 Å². The van der Waals surface area contributed by atoms with Crippen molar-refractivity contribution in [3.8, 4) is 5.75 Å². The lowest BCUT2D eigenvalue weighted by molar-refractivity contribution is 0.403. The molecule has 1 heterocycles. The first kappa shape index (κ1) is 8.80. The largest absolute Gasteiger partial charge is 0.491 e. The average Bonchev–Trinajstić information content (AvgIpc) is 2.05. The van der Waals surface area contributed by atoms with Gasteiger partial charge in [0.15, 0.2) is 5.75 Å². The van der Waals surface area contributed by atoms with Gasteiger partial charge < -0.3 is 15.5 Å². The quantitative estimate of drug-likeness (QED) is 0.661. The van der Waals surface area contributed by atoms with Crippen molar-refractivity contribution in [2.24, 2.45) is 5.73 Å². The maximum atomic E-state index is 11.2. The molecule has 0 fully saturated rings. The molecule has 0 unspecified atom stereocenters. The number of methoxy groups -OCH3 is 1. The van der Waals surface area contributed by atoms with Gasteiger partial charge in [-0.15, -0.1) is 0 Å². The highest BCUT2D eigenvalue weighted by Gasteiger charge is 2.04. The summed E-state index contributed by atoms with van der Waals surface area (Å²) < 4.78 is 4.93. The van der Waals surface area contributed by atoms with Crippen LogP contribution in [0.1, 0.15) is 5.69 Å². The molecular formula is C8H12N2O2. The molecule has 0 bridgehead atoms. The number of aromatic amines is 1. The number of nitrogens with two attached hydrogens (primary N) is 1. The normalized spacial score (nSPS) is 9.83. The fourth-order valence-electron chi connectivity index (χ4n) is 1.06. The molecule has 4 nitrogen and oxygen atoms in total. The van der Waals surface area contributed by atoms with Crippen LogP contribution in [-0.2, 0) is 6.42 Å². The predicted octanol–water partition coefficient (Wildman–Crippen LogP) is -0.115. The zero-order valence-electron chi connectivity index (χ0n) is 6.96. The number of rotatable bonds is 3. The van der Waals surface area contributed by atoms with Crippen LogP contribution < -0.4 is 15.9 Å². The molecule has 0 radical (unpaired) electrons. The van der Waals surface area contributed by atoms with Gasteiger partial charge in [-0.2, -0.15) is 0 Å². The summed E-state index contributed by atoms with van der Waals surface area (Å²) in [7, 11) is 1.48. The Bertz CT molecular complexity index is 306. The molecule has 0 aliphatic carbocycles. The highest BCUT2D eigenvalue weighted by molar-refractivity contribution is 5.27. The van der Waals surface area contributed by atoms with Crippen LogP contribution in [0.15, 0.2) is 17.1 Å². The summed E-state index contributed by atoms with van der Waals surface area (Å²) in [5.41, 5.74) is 6.00. The van der Waals surface area contributed by atoms with Crippen LogP contribution in [0.3, 0.4) is 0 Å². The maximum Gasteiger partial charge on any atom is 0.223 e. The fraction of sp³-hybridized carbons (Fsp3) is 0.375. The van der Waals surface area contributed by atoms with Crippen molar-refractivity contribution in [3.05, 3.63) is 28.2 Å². The SMILES string of the molecule is COc1c(CCN)[nH]ccc1=O. The molecule has 3 N–H and O–H groups in total. The van der Waals surface area contributed by atoms with E-state index in [4.69, 9.17) is 10.5 Å². The Balaban J connectivity index is 3.09. The summed E-state index contributed by atoms with van der Waals surface area (Å²) in [5, 5.41) is 0. The van der Waals surface area contributed by atoms with E-state index in [-0.39, 0.29) is 5.43 Å². The van der Waals surface area contributed by atoms with Gasteiger partial charge >= 0.3 is 0 Å². The summed E-state index contributed by atoms with van der Waals surface area (Å²) in [6.07, 6.45) is 2.22. The molecule has 0 saturated carbocycles. The van der Waals surface area contributed by atoms with Crippen LogP contribution in [0.4, 0.5) is 0 Å². The van der Waals surface area contributed by atoms with E-state index in [0.717, 1.165) is 5.69 Å². The number of pyridine rings is 1. The molecule has 1 rings (SSSR count). The molecule has 0 aliphatic rings. The number of hydrogen-bond donors (Lipinski definition) is 2. The van der Waals surface area contributed by atoms with Gasteiger partial charge in [-0.3, -0.25) is 4.79 Å². The van der Waals surface area contributed by atoms with Crippen molar-refractivity contribution in [1.29, 1.82) is 0 Å². The first-order valence-electron chi connectivity index (χ1n) is 3.74. The Morgan fingerprint density at radius 1 is 1.67 bits per heavy atom. The van der Waals surface area contributed by atoms with Crippen molar-refractivity contribution in [2.75, 3.05) is 13.7 Å². The standard InChI is InChI=1S/C8H12N2O2/c1-12-8-6(2-4-9)10-5-3-7(8)11/h3,5H,2,4,9H2,1H3,(H,10,11). The molecule has 1 aromatic rings. The van der Waals surface area contributed by atoms with Gasteiger partial charge in [0.25, 0.3) is 0 Å². The van der Waals surface area contributed by atoms with E-state index in [1.807, 2.05) is 0 Å². The van der Waals surface area contributed by atoms with Gasteiger partial charge in [-0.25, -0.2) is 0 Å². The fourth-order valence-corrected chi connectivity index (χ4v) is 1.06. The Kier molecular flexibility index (Phi) is 2.88. The Labute approximate surface area is 70.4 Å². The van der Waals surface area contributed by atoms with Crippen molar-refractivity contribution in [3.63, 3.8) is 0 Å². The van der Waals surface area contributed by atoms with Crippen molar-refractivity contribution in [2.45, 2.75) is 6.42 Å². The summed E-state index contributed by atoms with van der Waals surface area (Å²) in [4.78, 5) is 14.1. The molecule has 1 aromatic heterocycles. The summed E-state index contributed by atoms with van der Waals surface area (Å²) in [5.74, 6) is 0.364. The molecule has 0 amide bonds. The van der Waals surface area contributed by atoms with Crippen LogP contribution in [0.25, 0.3) is 0 Å². The van der Waals surface area contributed by atoms with Gasteiger partial charge in [0.05, 0.1) is 12.8 Å². The van der Waals surface area contributed by atoms with Crippen LogP contribution in [0.2, 0.25) is 0 Å². The smallest absolute Gasteiger partial charge is 0.223 e. The molecule has 0 aliphatic heterocycles. The van der Waals surface area contributed by atoms with E-state index < -0.39 is 0 Å². The van der Waals surface area contributed by atoms with Crippen LogP contribution in [0.5, 0.6) is 5.75 Å². The number of aromatic nitrogens is 1. The van der Waals surface area contributed by atoms with E-state index in [9.17, 15) is 4.79 Å². The minimum atomic E-state index is -0.111. The molecule has 66 valence electrons. The predicted molar refractivity (Wildman–Crippen MR) is 46.4 cm³/mol. The monoisotopic (exact) mass is 168 g/mol. The molecule has 0 aromatic carbocycles. The highest BCUT2D eigenvalue weighted by Crippen LogP contribution is 2.08. The van der Waals surface area contributed by atoms with Gasteiger partial charge in [0, 0.05) is 18.7 Å². The molecule has 0 spiro atoms. The Morgan fingerprint density at radius 3 is 3.00 bits per heavy atom. The average molecular weight is 168 g/mol. The minimum Gasteiger partial charge on any atom is -0.491 e. The second-order valence-electron chi connectivity index (χ2n) is 2.39. The van der Waals surface area contributed by atoms with Gasteiger partial charge in [-0.05, 0) is 6.54 Å². The summed E-state index contributed by atoms with van der Waals surface area (Å²) >= 11 is 0. The number of ether oxygens (including phenoxy) is 1. The number of hydrogen-bond acceptors (Lipinski definition) is 3. The second kappa shape index (κ2) is 3.92. The third-order valence-corrected chi connectivity index (χ3v) is 1.59. The minimum absolute atomic E-state index is 0.111. The lowest BCUT2D eigenvalue weighted by Crippen LogP contribution is -2.12. The first-order chi connectivity index (χ1) is 5.79. The van der Waals surface area contributed by atoms with Crippen molar-refractivity contribution in [1.82, 2.24) is 4.98 Å². The molecule has 0 atom stereocenters. The molecular weight excluding hydrogens is 156 g/mol. The lowest BCUT2D eigenvalue weighted by atomic mass is 10.2. The zero-order valence-corrected chi connectivity index (χ0v) is 6.96. The second-order valence-corrected chi connectivity index (χ2v) is 2.39. The van der Waals surface area contributed by atoms with Crippen LogP contribution in [-0.4, -0.2) is 18.6 Å². The van der Waals surface area contributed by atoms with E-state index in [2.05, 4.69) is 4.98 Å². The van der Waals surface area contributed by atoms with Crippen LogP contribution >= 0.6 is 0 Å². The first-order valence-corrected chi connectivity index (χ1v) is 3.74. The highest BCUT2D eigenvalue weighted by atomic mass is 16.5. The van der Waals surface area contributed by atoms with Crippen molar-refractivity contribution < 1.29 is 4.74 Å². The van der Waals surface area contributed by atoms with E-state index in [0.29, 0.717) is 18.7 Å². The summed E-state index contributed by atoms with van der Waals surface area (Å²) in [6.45, 7) is 0.496. The molecule has 12 heavy (non-hydrogen) atoms. The maximum absolute atomic E-state index is 11.2. The zero-order chi connectivity index (χ0) is 8.97. The topological polar surface area (TPSA) is 68.1 Å². The third kappa shape index (κ3) is 1.65. The summed E-state index contributed by atoms with van der Waals surface area (Å²) in [6, 6.07) is 1.43. The molecule has 0 saturated heterocycles. The lowest BCUT2D eigenvalue weighted by Gasteiger charge is -2.04. The third-order valence-electron chi connectivity index (χ3n) is 1.59. The number of H-pyrrole nitrogens is 1. The van der Waals surface area contributed by atoms with Gasteiger partial charge in [0.2, 0.25) is 5.43 Å².